The maximum Gasteiger partial charge on any atom is 0.257 e. The van der Waals surface area contributed by atoms with Gasteiger partial charge in [-0.15, -0.1) is 0 Å². The number of ether oxygens (including phenoxy) is 1. The molecule has 2 aromatic carbocycles. The van der Waals surface area contributed by atoms with E-state index in [1.54, 1.807) is 0 Å². The molecular weight excluding hydrogens is 310 g/mol. The molecule has 0 heterocycles. The molecule has 122 valence electrons. The van der Waals surface area contributed by atoms with Crippen LogP contribution >= 0.6 is 11.6 Å². The van der Waals surface area contributed by atoms with Gasteiger partial charge in [0.25, 0.3) is 5.91 Å². The van der Waals surface area contributed by atoms with Gasteiger partial charge in [-0.05, 0) is 56.0 Å². The van der Waals surface area contributed by atoms with Crippen molar-refractivity contribution < 1.29 is 9.53 Å². The highest BCUT2D eigenvalue weighted by Gasteiger charge is 2.08. The molecule has 1 amide bonds. The van der Waals surface area contributed by atoms with Crippen LogP contribution < -0.4 is 10.1 Å². The maximum absolute atomic E-state index is 11.9. The topological polar surface area (TPSA) is 38.3 Å². The molecule has 23 heavy (non-hydrogen) atoms. The van der Waals surface area contributed by atoms with Crippen molar-refractivity contribution in [1.82, 2.24) is 5.32 Å². The molecule has 2 rings (SSSR count). The third-order valence-corrected chi connectivity index (χ3v) is 3.85. The summed E-state index contributed by atoms with van der Waals surface area (Å²) in [4.78, 5) is 11.9. The molecule has 0 spiro atoms. The Hall–Kier alpha value is -2.00. The largest absolute Gasteiger partial charge is 0.483 e. The minimum atomic E-state index is -0.113. The average Bonchev–Trinajstić information content (AvgIpc) is 2.48. The first-order valence-corrected chi connectivity index (χ1v) is 8.05. The van der Waals surface area contributed by atoms with Crippen LogP contribution in [0.15, 0.2) is 36.4 Å². The second-order valence-electron chi connectivity index (χ2n) is 5.74. The predicted octanol–water partition coefficient (Wildman–Crippen LogP) is 4.00. The smallest absolute Gasteiger partial charge is 0.257 e. The zero-order chi connectivity index (χ0) is 16.8. The van der Waals surface area contributed by atoms with E-state index in [0.29, 0.717) is 6.54 Å². The molecule has 1 N–H and O–H groups in total. The van der Waals surface area contributed by atoms with E-state index < -0.39 is 0 Å². The van der Waals surface area contributed by atoms with E-state index in [9.17, 15) is 4.79 Å². The van der Waals surface area contributed by atoms with E-state index in [4.69, 9.17) is 16.3 Å². The Bertz CT molecular complexity index is 657. The summed E-state index contributed by atoms with van der Waals surface area (Å²) in [6.07, 6.45) is 0.769. The Kier molecular flexibility index (Phi) is 6.05. The van der Waals surface area contributed by atoms with Gasteiger partial charge in [-0.25, -0.2) is 0 Å². The molecule has 0 aliphatic rings. The van der Waals surface area contributed by atoms with Crippen LogP contribution in [0.4, 0.5) is 0 Å². The SMILES string of the molecule is Cc1cc(C)c(OCC(=O)NCCc2ccc(Cl)cc2)c(C)c1. The van der Waals surface area contributed by atoms with Crippen LogP contribution in [0.5, 0.6) is 5.75 Å². The molecule has 0 radical (unpaired) electrons. The molecule has 0 aliphatic heterocycles. The van der Waals surface area contributed by atoms with Crippen molar-refractivity contribution in [3.63, 3.8) is 0 Å². The first kappa shape index (κ1) is 17.4. The minimum Gasteiger partial charge on any atom is -0.483 e. The third-order valence-electron chi connectivity index (χ3n) is 3.60. The van der Waals surface area contributed by atoms with Crippen LogP contribution in [0.3, 0.4) is 0 Å². The van der Waals surface area contributed by atoms with Gasteiger partial charge in [0.05, 0.1) is 0 Å². The van der Waals surface area contributed by atoms with Crippen molar-refractivity contribution in [1.29, 1.82) is 0 Å². The maximum atomic E-state index is 11.9. The van der Waals surface area contributed by atoms with Gasteiger partial charge in [0.2, 0.25) is 0 Å². The van der Waals surface area contributed by atoms with Gasteiger partial charge in [0, 0.05) is 11.6 Å². The zero-order valence-corrected chi connectivity index (χ0v) is 14.5. The van der Waals surface area contributed by atoms with Crippen molar-refractivity contribution in [3.05, 3.63) is 63.7 Å². The Balaban J connectivity index is 1.78. The number of carbonyl (C=O) groups is 1. The van der Waals surface area contributed by atoms with Crippen LogP contribution in [0.2, 0.25) is 5.02 Å². The molecule has 0 saturated heterocycles. The van der Waals surface area contributed by atoms with Crippen LogP contribution in [0.25, 0.3) is 0 Å². The lowest BCUT2D eigenvalue weighted by Crippen LogP contribution is -2.30. The Morgan fingerprint density at radius 2 is 1.70 bits per heavy atom. The molecule has 3 nitrogen and oxygen atoms in total. The molecule has 4 heteroatoms. The van der Waals surface area contributed by atoms with Gasteiger partial charge in [-0.3, -0.25) is 4.79 Å². The summed E-state index contributed by atoms with van der Waals surface area (Å²) in [6, 6.07) is 11.7. The number of carbonyl (C=O) groups excluding carboxylic acids is 1. The summed E-state index contributed by atoms with van der Waals surface area (Å²) < 4.78 is 5.67. The molecule has 0 atom stereocenters. The number of nitrogens with one attached hydrogen (secondary N) is 1. The highest BCUT2D eigenvalue weighted by molar-refractivity contribution is 6.30. The van der Waals surface area contributed by atoms with Crippen molar-refractivity contribution >= 4 is 17.5 Å². The van der Waals surface area contributed by atoms with Crippen LogP contribution in [0, 0.1) is 20.8 Å². The van der Waals surface area contributed by atoms with E-state index in [0.717, 1.165) is 33.9 Å². The van der Waals surface area contributed by atoms with Crippen LogP contribution in [-0.2, 0) is 11.2 Å². The van der Waals surface area contributed by atoms with Crippen molar-refractivity contribution in [2.24, 2.45) is 0 Å². The lowest BCUT2D eigenvalue weighted by molar-refractivity contribution is -0.123. The fraction of sp³-hybridized carbons (Fsp3) is 0.316. The number of hydrogen-bond donors (Lipinski definition) is 1. The first-order chi connectivity index (χ1) is 11.0. The van der Waals surface area contributed by atoms with Crippen LogP contribution in [0.1, 0.15) is 22.3 Å². The standard InChI is InChI=1S/C19H22ClNO2/c1-13-10-14(2)19(15(3)11-13)23-12-18(22)21-9-8-16-4-6-17(20)7-5-16/h4-7,10-11H,8-9,12H2,1-3H3,(H,21,22). The normalized spacial score (nSPS) is 10.4. The Morgan fingerprint density at radius 3 is 2.30 bits per heavy atom. The van der Waals surface area contributed by atoms with Gasteiger partial charge in [0.1, 0.15) is 5.75 Å². The Morgan fingerprint density at radius 1 is 1.09 bits per heavy atom. The van der Waals surface area contributed by atoms with E-state index in [2.05, 4.69) is 17.4 Å². The molecule has 0 fully saturated rings. The van der Waals surface area contributed by atoms with Gasteiger partial charge < -0.3 is 10.1 Å². The number of hydrogen-bond acceptors (Lipinski definition) is 2. The average molecular weight is 332 g/mol. The van der Waals surface area contributed by atoms with Gasteiger partial charge >= 0.3 is 0 Å². The Labute approximate surface area is 142 Å². The summed E-state index contributed by atoms with van der Waals surface area (Å²) >= 11 is 5.84. The highest BCUT2D eigenvalue weighted by Crippen LogP contribution is 2.24. The molecular formula is C19H22ClNO2. The lowest BCUT2D eigenvalue weighted by Gasteiger charge is -2.13. The number of benzene rings is 2. The van der Waals surface area contributed by atoms with Gasteiger partial charge in [-0.2, -0.15) is 0 Å². The highest BCUT2D eigenvalue weighted by atomic mass is 35.5. The second-order valence-corrected chi connectivity index (χ2v) is 6.18. The number of halogens is 1. The summed E-state index contributed by atoms with van der Waals surface area (Å²) in [6.45, 7) is 6.65. The fourth-order valence-corrected chi connectivity index (χ4v) is 2.71. The van der Waals surface area contributed by atoms with Crippen LogP contribution in [-0.4, -0.2) is 19.1 Å². The van der Waals surface area contributed by atoms with Crippen molar-refractivity contribution in [2.75, 3.05) is 13.2 Å². The molecule has 0 bridgehead atoms. The molecule has 0 aliphatic carbocycles. The van der Waals surface area contributed by atoms with Crippen molar-refractivity contribution in [3.8, 4) is 5.75 Å². The number of aryl methyl sites for hydroxylation is 3. The van der Waals surface area contributed by atoms with Gasteiger partial charge in [0.15, 0.2) is 6.61 Å². The molecule has 2 aromatic rings. The van der Waals surface area contributed by atoms with E-state index >= 15 is 0 Å². The summed E-state index contributed by atoms with van der Waals surface area (Å²) in [5.41, 5.74) is 4.44. The molecule has 0 aromatic heterocycles. The monoisotopic (exact) mass is 331 g/mol. The quantitative estimate of drug-likeness (QED) is 0.868. The first-order valence-electron chi connectivity index (χ1n) is 7.67. The van der Waals surface area contributed by atoms with E-state index in [1.165, 1.54) is 5.56 Å². The molecule has 0 saturated carbocycles. The van der Waals surface area contributed by atoms with Gasteiger partial charge in [-0.1, -0.05) is 41.4 Å². The molecule has 0 unspecified atom stereocenters. The number of amides is 1. The second kappa shape index (κ2) is 8.02. The summed E-state index contributed by atoms with van der Waals surface area (Å²) in [5, 5.41) is 3.59. The summed E-state index contributed by atoms with van der Waals surface area (Å²) in [7, 11) is 0. The van der Waals surface area contributed by atoms with E-state index in [-0.39, 0.29) is 12.5 Å². The lowest BCUT2D eigenvalue weighted by atomic mass is 10.1. The van der Waals surface area contributed by atoms with E-state index in [1.807, 2.05) is 45.0 Å². The van der Waals surface area contributed by atoms with Crippen molar-refractivity contribution in [2.45, 2.75) is 27.2 Å². The summed E-state index contributed by atoms with van der Waals surface area (Å²) in [5.74, 6) is 0.682. The number of rotatable bonds is 6. The third kappa shape index (κ3) is 5.29. The zero-order valence-electron chi connectivity index (χ0n) is 13.8. The minimum absolute atomic E-state index is 0.0331. The predicted molar refractivity (Wildman–Crippen MR) is 94.3 cm³/mol. The fourth-order valence-electron chi connectivity index (χ4n) is 2.58.